The molecule has 3 aliphatic heterocycles. The van der Waals surface area contributed by atoms with Crippen molar-refractivity contribution in [1.82, 2.24) is 20.0 Å². The summed E-state index contributed by atoms with van der Waals surface area (Å²) < 4.78 is 14.5. The number of benzene rings is 3. The van der Waals surface area contributed by atoms with Crippen LogP contribution in [0.1, 0.15) is 56.3 Å². The van der Waals surface area contributed by atoms with Gasteiger partial charge in [-0.25, -0.2) is 4.39 Å². The number of piperidine rings is 1. The lowest BCUT2D eigenvalue weighted by Gasteiger charge is -2.44. The van der Waals surface area contributed by atoms with Gasteiger partial charge in [0.25, 0.3) is 11.8 Å². The smallest absolute Gasteiger partial charge is 0.262 e. The minimum absolute atomic E-state index is 0.00972. The van der Waals surface area contributed by atoms with E-state index in [0.29, 0.717) is 19.6 Å². The highest BCUT2D eigenvalue weighted by atomic mass is 19.1. The van der Waals surface area contributed by atoms with Crippen LogP contribution in [0.5, 0.6) is 0 Å². The van der Waals surface area contributed by atoms with E-state index in [-0.39, 0.29) is 36.1 Å². The molecule has 41 heavy (non-hydrogen) atoms. The normalized spacial score (nSPS) is 21.9. The van der Waals surface area contributed by atoms with Crippen molar-refractivity contribution < 1.29 is 23.6 Å². The zero-order valence-corrected chi connectivity index (χ0v) is 22.5. The lowest BCUT2D eigenvalue weighted by atomic mass is 9.95. The van der Waals surface area contributed by atoms with Crippen LogP contribution in [-0.2, 0) is 16.1 Å². The number of carbonyl (C=O) groups excluding carboxylic acids is 4. The molecule has 210 valence electrons. The van der Waals surface area contributed by atoms with Crippen LogP contribution in [0, 0.1) is 0 Å². The molecule has 4 amide bonds. The van der Waals surface area contributed by atoms with Gasteiger partial charge in [-0.15, -0.1) is 0 Å². The fourth-order valence-electron chi connectivity index (χ4n) is 6.24. The maximum absolute atomic E-state index is 14.5. The molecule has 0 saturated carbocycles. The van der Waals surface area contributed by atoms with Gasteiger partial charge in [0.15, 0.2) is 0 Å². The monoisotopic (exact) mass is 554 g/mol. The average molecular weight is 555 g/mol. The predicted octanol–water partition coefficient (Wildman–Crippen LogP) is 3.33. The number of amides is 4. The molecule has 2 fully saturated rings. The predicted molar refractivity (Wildman–Crippen MR) is 150 cm³/mol. The van der Waals surface area contributed by atoms with Crippen LogP contribution >= 0.6 is 0 Å². The fraction of sp³-hybridized carbons (Fsp3) is 0.312. The number of imide groups is 2. The van der Waals surface area contributed by atoms with Crippen molar-refractivity contribution in [3.05, 3.63) is 107 Å². The Hall–Kier alpha value is -4.21. The summed E-state index contributed by atoms with van der Waals surface area (Å²) in [4.78, 5) is 55.6. The topological polar surface area (TPSA) is 90.0 Å². The first kappa shape index (κ1) is 27.0. The second kappa shape index (κ2) is 11.3. The standard InChI is InChI=1S/C32H31FN4O4/c33-18-24-20-36(29(22-7-3-1-4-8-22)23-9-5-2-6-10-23)16-15-35(24)19-21-11-12-25-26(17-21)32(41)37(31(25)40)27-13-14-28(38)34-30(27)39/h1-12,17,24,27,29H,13-16,18-20H2,(H,34,38,39). The van der Waals surface area contributed by atoms with E-state index in [4.69, 9.17) is 0 Å². The number of piperazine rings is 1. The van der Waals surface area contributed by atoms with Gasteiger partial charge in [0, 0.05) is 32.6 Å². The van der Waals surface area contributed by atoms with Crippen molar-refractivity contribution in [2.45, 2.75) is 37.5 Å². The number of fused-ring (bicyclic) bond motifs is 1. The molecular weight excluding hydrogens is 523 g/mol. The first-order chi connectivity index (χ1) is 19.9. The molecule has 0 aliphatic carbocycles. The minimum Gasteiger partial charge on any atom is -0.295 e. The van der Waals surface area contributed by atoms with Gasteiger partial charge in [0.05, 0.1) is 23.2 Å². The highest BCUT2D eigenvalue weighted by Crippen LogP contribution is 2.32. The highest BCUT2D eigenvalue weighted by Gasteiger charge is 2.44. The number of alkyl halides is 1. The van der Waals surface area contributed by atoms with E-state index in [2.05, 4.69) is 39.4 Å². The maximum Gasteiger partial charge on any atom is 0.262 e. The zero-order chi connectivity index (χ0) is 28.5. The first-order valence-electron chi connectivity index (χ1n) is 13.9. The van der Waals surface area contributed by atoms with Crippen molar-refractivity contribution in [3.8, 4) is 0 Å². The summed E-state index contributed by atoms with van der Waals surface area (Å²) in [5, 5.41) is 2.21. The Kier molecular flexibility index (Phi) is 7.47. The van der Waals surface area contributed by atoms with Crippen molar-refractivity contribution in [2.24, 2.45) is 0 Å². The van der Waals surface area contributed by atoms with E-state index >= 15 is 0 Å². The van der Waals surface area contributed by atoms with E-state index < -0.39 is 36.3 Å². The third-order valence-electron chi connectivity index (χ3n) is 8.30. The van der Waals surface area contributed by atoms with Gasteiger partial charge in [-0.05, 0) is 35.2 Å². The Bertz CT molecular complexity index is 1440. The largest absolute Gasteiger partial charge is 0.295 e. The summed E-state index contributed by atoms with van der Waals surface area (Å²) in [6.45, 7) is 1.82. The lowest BCUT2D eigenvalue weighted by molar-refractivity contribution is -0.136. The van der Waals surface area contributed by atoms with Gasteiger partial charge >= 0.3 is 0 Å². The Morgan fingerprint density at radius 3 is 2.12 bits per heavy atom. The summed E-state index contributed by atoms with van der Waals surface area (Å²) in [5.41, 5.74) is 3.59. The van der Waals surface area contributed by atoms with Gasteiger partial charge in [-0.2, -0.15) is 0 Å². The van der Waals surface area contributed by atoms with Crippen molar-refractivity contribution in [1.29, 1.82) is 0 Å². The number of halogens is 1. The molecule has 0 radical (unpaired) electrons. The first-order valence-corrected chi connectivity index (χ1v) is 13.9. The molecule has 2 saturated heterocycles. The maximum atomic E-state index is 14.5. The van der Waals surface area contributed by atoms with Crippen LogP contribution in [0.3, 0.4) is 0 Å². The van der Waals surface area contributed by atoms with Crippen LogP contribution in [-0.4, -0.2) is 76.7 Å². The van der Waals surface area contributed by atoms with E-state index in [9.17, 15) is 23.6 Å². The second-order valence-electron chi connectivity index (χ2n) is 10.8. The Morgan fingerprint density at radius 2 is 1.49 bits per heavy atom. The lowest BCUT2D eigenvalue weighted by Crippen LogP contribution is -2.54. The summed E-state index contributed by atoms with van der Waals surface area (Å²) in [6, 6.07) is 24.2. The number of hydrogen-bond donors (Lipinski definition) is 1. The zero-order valence-electron chi connectivity index (χ0n) is 22.5. The summed E-state index contributed by atoms with van der Waals surface area (Å²) >= 11 is 0. The van der Waals surface area contributed by atoms with E-state index in [1.54, 1.807) is 18.2 Å². The number of rotatable bonds is 7. The van der Waals surface area contributed by atoms with Gasteiger partial charge in [0.2, 0.25) is 11.8 Å². The van der Waals surface area contributed by atoms with E-state index in [1.165, 1.54) is 0 Å². The molecule has 3 heterocycles. The van der Waals surface area contributed by atoms with E-state index in [0.717, 1.165) is 28.1 Å². The van der Waals surface area contributed by atoms with Crippen LogP contribution < -0.4 is 5.32 Å². The van der Waals surface area contributed by atoms with Gasteiger partial charge in [-0.1, -0.05) is 66.7 Å². The van der Waals surface area contributed by atoms with Gasteiger partial charge in [0.1, 0.15) is 12.7 Å². The molecule has 0 spiro atoms. The number of hydrogen-bond acceptors (Lipinski definition) is 6. The third-order valence-corrected chi connectivity index (χ3v) is 8.30. The SMILES string of the molecule is O=C1CCC(N2C(=O)c3ccc(CN4CCN(C(c5ccccc5)c5ccccc5)CC4CF)cc3C2=O)C(=O)N1. The second-order valence-corrected chi connectivity index (χ2v) is 10.8. The summed E-state index contributed by atoms with van der Waals surface area (Å²) in [5.74, 6) is -2.12. The van der Waals surface area contributed by atoms with Crippen LogP contribution in [0.4, 0.5) is 4.39 Å². The molecule has 0 bridgehead atoms. The molecule has 6 rings (SSSR count). The van der Waals surface area contributed by atoms with Crippen LogP contribution in [0.2, 0.25) is 0 Å². The van der Waals surface area contributed by atoms with Gasteiger partial charge in [-0.3, -0.25) is 39.2 Å². The van der Waals surface area contributed by atoms with Crippen LogP contribution in [0.25, 0.3) is 0 Å². The summed E-state index contributed by atoms with van der Waals surface area (Å²) in [6.07, 6.45) is 0.180. The molecule has 3 aromatic rings. The Labute approximate surface area is 237 Å². The van der Waals surface area contributed by atoms with Crippen molar-refractivity contribution >= 4 is 23.6 Å². The highest BCUT2D eigenvalue weighted by molar-refractivity contribution is 6.23. The average Bonchev–Trinajstić information content (AvgIpc) is 3.24. The molecule has 9 heteroatoms. The molecule has 3 aliphatic rings. The molecule has 1 N–H and O–H groups in total. The fourth-order valence-corrected chi connectivity index (χ4v) is 6.24. The minimum atomic E-state index is -1.00. The molecule has 3 aromatic carbocycles. The number of nitrogens with zero attached hydrogens (tertiary/aromatic N) is 3. The number of carbonyl (C=O) groups is 4. The molecule has 0 aromatic heterocycles. The molecule has 2 unspecified atom stereocenters. The summed E-state index contributed by atoms with van der Waals surface area (Å²) in [7, 11) is 0. The number of nitrogens with one attached hydrogen (secondary N) is 1. The van der Waals surface area contributed by atoms with Crippen molar-refractivity contribution in [2.75, 3.05) is 26.3 Å². The molecule has 8 nitrogen and oxygen atoms in total. The quantitative estimate of drug-likeness (QED) is 0.451. The Morgan fingerprint density at radius 1 is 0.829 bits per heavy atom. The van der Waals surface area contributed by atoms with Crippen LogP contribution in [0.15, 0.2) is 78.9 Å². The third kappa shape index (κ3) is 5.18. The van der Waals surface area contributed by atoms with E-state index in [1.807, 2.05) is 36.4 Å². The van der Waals surface area contributed by atoms with Gasteiger partial charge < -0.3 is 0 Å². The molecular formula is C32H31FN4O4. The Balaban J connectivity index is 1.19. The van der Waals surface area contributed by atoms with Crippen molar-refractivity contribution in [3.63, 3.8) is 0 Å². The molecule has 2 atom stereocenters.